The molecule has 0 spiro atoms. The molecule has 6 N–H and O–H groups in total. The molecule has 5 atom stereocenters. The standard InChI is InChI=1S/C27H27NO8/c29-15-22-24(30)25(31)27(33,26(32)35-22)36-21-8-4-7-20-23(21)17(14-28-20)13-16-9-11-19(12-10-16)34-18-5-2-1-3-6-18/h1-12,14,22,24-26,28-33H,13,15H2/t22-,24-,25+,26-,27+/m1/s1. The molecule has 0 amide bonds. The van der Waals surface area contributed by atoms with Gasteiger partial charge in [-0.25, -0.2) is 0 Å². The zero-order chi connectivity index (χ0) is 25.3. The summed E-state index contributed by atoms with van der Waals surface area (Å²) in [6.45, 7) is -0.655. The zero-order valence-electron chi connectivity index (χ0n) is 19.2. The van der Waals surface area contributed by atoms with Gasteiger partial charge in [0.15, 0.2) is 6.10 Å². The fraction of sp³-hybridized carbons (Fsp3) is 0.259. The van der Waals surface area contributed by atoms with Crippen LogP contribution in [0.2, 0.25) is 0 Å². The molecule has 0 radical (unpaired) electrons. The Morgan fingerprint density at radius 2 is 1.61 bits per heavy atom. The van der Waals surface area contributed by atoms with Gasteiger partial charge in [0, 0.05) is 17.1 Å². The molecule has 3 aromatic carbocycles. The number of para-hydroxylation sites is 1. The molecule has 9 nitrogen and oxygen atoms in total. The lowest BCUT2D eigenvalue weighted by Gasteiger charge is -2.45. The zero-order valence-corrected chi connectivity index (χ0v) is 19.2. The van der Waals surface area contributed by atoms with Gasteiger partial charge in [-0.2, -0.15) is 0 Å². The van der Waals surface area contributed by atoms with Crippen LogP contribution >= 0.6 is 0 Å². The average molecular weight is 494 g/mol. The number of ether oxygens (including phenoxy) is 3. The van der Waals surface area contributed by atoms with Crippen LogP contribution in [-0.4, -0.2) is 67.5 Å². The highest BCUT2D eigenvalue weighted by atomic mass is 16.7. The Bertz CT molecular complexity index is 1310. The predicted molar refractivity (Wildman–Crippen MR) is 130 cm³/mol. The summed E-state index contributed by atoms with van der Waals surface area (Å²) >= 11 is 0. The maximum absolute atomic E-state index is 11.0. The van der Waals surface area contributed by atoms with Gasteiger partial charge in [-0.15, -0.1) is 0 Å². The molecule has 0 unspecified atom stereocenters. The molecule has 0 aliphatic carbocycles. The highest BCUT2D eigenvalue weighted by Gasteiger charge is 2.57. The van der Waals surface area contributed by atoms with Gasteiger partial charge in [-0.3, -0.25) is 0 Å². The minimum atomic E-state index is -2.66. The van der Waals surface area contributed by atoms with E-state index >= 15 is 0 Å². The number of hydrogen-bond acceptors (Lipinski definition) is 8. The number of aromatic amines is 1. The molecule has 1 aliphatic heterocycles. The van der Waals surface area contributed by atoms with E-state index < -0.39 is 37.0 Å². The van der Waals surface area contributed by atoms with Gasteiger partial charge in [0.05, 0.1) is 6.61 Å². The van der Waals surface area contributed by atoms with E-state index in [9.17, 15) is 25.5 Å². The normalized spacial score (nSPS) is 26.1. The van der Waals surface area contributed by atoms with E-state index in [4.69, 9.17) is 14.2 Å². The van der Waals surface area contributed by atoms with Crippen molar-refractivity contribution in [1.29, 1.82) is 0 Å². The second-order valence-electron chi connectivity index (χ2n) is 8.73. The van der Waals surface area contributed by atoms with Crippen molar-refractivity contribution in [1.82, 2.24) is 4.98 Å². The monoisotopic (exact) mass is 493 g/mol. The van der Waals surface area contributed by atoms with Crippen molar-refractivity contribution in [2.45, 2.75) is 36.8 Å². The van der Waals surface area contributed by atoms with E-state index in [1.165, 1.54) is 0 Å². The largest absolute Gasteiger partial charge is 0.457 e. The Kier molecular flexibility index (Phi) is 6.67. The number of nitrogens with one attached hydrogen (secondary N) is 1. The van der Waals surface area contributed by atoms with Crippen LogP contribution in [0.4, 0.5) is 0 Å². The van der Waals surface area contributed by atoms with Crippen LogP contribution in [-0.2, 0) is 11.2 Å². The number of H-pyrrole nitrogens is 1. The van der Waals surface area contributed by atoms with Gasteiger partial charge in [-0.1, -0.05) is 36.4 Å². The van der Waals surface area contributed by atoms with Crippen molar-refractivity contribution in [3.63, 3.8) is 0 Å². The third-order valence-electron chi connectivity index (χ3n) is 6.29. The molecule has 36 heavy (non-hydrogen) atoms. The first-order valence-electron chi connectivity index (χ1n) is 11.5. The lowest BCUT2D eigenvalue weighted by atomic mass is 9.95. The van der Waals surface area contributed by atoms with E-state index in [1.807, 2.05) is 66.9 Å². The van der Waals surface area contributed by atoms with E-state index in [0.29, 0.717) is 23.1 Å². The SMILES string of the molecule is OC[C@H]1O[C@@H](O)[C@@](O)(Oc2cccc3[nH]cc(Cc4ccc(Oc5ccccc5)cc4)c23)[C@@H](O)[C@@H]1O. The number of benzene rings is 3. The van der Waals surface area contributed by atoms with Crippen LogP contribution in [0, 0.1) is 0 Å². The van der Waals surface area contributed by atoms with Gasteiger partial charge in [0.25, 0.3) is 5.79 Å². The van der Waals surface area contributed by atoms with Gasteiger partial charge in [-0.05, 0) is 53.9 Å². The Hall–Kier alpha value is -3.44. The van der Waals surface area contributed by atoms with Gasteiger partial charge >= 0.3 is 0 Å². The summed E-state index contributed by atoms with van der Waals surface area (Å²) < 4.78 is 16.6. The van der Waals surface area contributed by atoms with Crippen LogP contribution in [0.5, 0.6) is 17.2 Å². The smallest absolute Gasteiger partial charge is 0.288 e. The first-order chi connectivity index (χ1) is 17.4. The minimum Gasteiger partial charge on any atom is -0.457 e. The summed E-state index contributed by atoms with van der Waals surface area (Å²) in [6, 6.07) is 22.2. The molecule has 188 valence electrons. The Labute approximate surface area is 206 Å². The first-order valence-corrected chi connectivity index (χ1v) is 11.5. The van der Waals surface area contributed by atoms with E-state index in [2.05, 4.69) is 4.98 Å². The Morgan fingerprint density at radius 3 is 2.33 bits per heavy atom. The second-order valence-corrected chi connectivity index (χ2v) is 8.73. The lowest BCUT2D eigenvalue weighted by molar-refractivity contribution is -0.385. The third kappa shape index (κ3) is 4.56. The summed E-state index contributed by atoms with van der Waals surface area (Å²) in [5.74, 6) is -1.04. The van der Waals surface area contributed by atoms with Crippen LogP contribution in [0.15, 0.2) is 79.0 Å². The highest BCUT2D eigenvalue weighted by molar-refractivity contribution is 5.89. The van der Waals surface area contributed by atoms with E-state index in [0.717, 1.165) is 16.9 Å². The highest BCUT2D eigenvalue weighted by Crippen LogP contribution is 2.37. The molecule has 0 bridgehead atoms. The van der Waals surface area contributed by atoms with E-state index in [-0.39, 0.29) is 5.75 Å². The first kappa shape index (κ1) is 24.3. The molecule has 1 aromatic heterocycles. The van der Waals surface area contributed by atoms with Crippen molar-refractivity contribution in [2.75, 3.05) is 6.61 Å². The van der Waals surface area contributed by atoms with Crippen LogP contribution in [0.3, 0.4) is 0 Å². The van der Waals surface area contributed by atoms with E-state index in [1.54, 1.807) is 12.1 Å². The molecule has 5 rings (SSSR count). The van der Waals surface area contributed by atoms with Gasteiger partial charge in [0.1, 0.15) is 29.5 Å². The maximum Gasteiger partial charge on any atom is 0.288 e. The predicted octanol–water partition coefficient (Wildman–Crippen LogP) is 2.05. The number of aromatic nitrogens is 1. The van der Waals surface area contributed by atoms with Gasteiger partial charge in [0.2, 0.25) is 6.29 Å². The summed E-state index contributed by atoms with van der Waals surface area (Å²) in [5.41, 5.74) is 2.55. The van der Waals surface area contributed by atoms with Crippen molar-refractivity contribution in [3.8, 4) is 17.2 Å². The van der Waals surface area contributed by atoms with Crippen LogP contribution < -0.4 is 9.47 Å². The quantitative estimate of drug-likeness (QED) is 0.215. The molecule has 4 aromatic rings. The Morgan fingerprint density at radius 1 is 0.889 bits per heavy atom. The van der Waals surface area contributed by atoms with Crippen molar-refractivity contribution < 1.29 is 39.7 Å². The third-order valence-corrected chi connectivity index (χ3v) is 6.29. The molecule has 1 saturated heterocycles. The summed E-state index contributed by atoms with van der Waals surface area (Å²) in [6.07, 6.45) is -4.56. The molecule has 0 saturated carbocycles. The topological polar surface area (TPSA) is 145 Å². The lowest BCUT2D eigenvalue weighted by Crippen LogP contribution is -2.69. The molecule has 1 aliphatic rings. The van der Waals surface area contributed by atoms with Crippen molar-refractivity contribution >= 4 is 10.9 Å². The summed E-state index contributed by atoms with van der Waals surface area (Å²) in [7, 11) is 0. The summed E-state index contributed by atoms with van der Waals surface area (Å²) in [4.78, 5) is 3.17. The van der Waals surface area contributed by atoms with Crippen molar-refractivity contribution in [2.24, 2.45) is 0 Å². The second kappa shape index (κ2) is 9.90. The van der Waals surface area contributed by atoms with Crippen molar-refractivity contribution in [3.05, 3.63) is 90.1 Å². The summed E-state index contributed by atoms with van der Waals surface area (Å²) in [5, 5.41) is 51.9. The molecule has 2 heterocycles. The number of fused-ring (bicyclic) bond motifs is 1. The molecular weight excluding hydrogens is 466 g/mol. The minimum absolute atomic E-state index is 0.173. The molecule has 1 fully saturated rings. The maximum atomic E-state index is 11.0. The molecular formula is C27H27NO8. The Balaban J connectivity index is 1.39. The number of rotatable bonds is 7. The number of aliphatic hydroxyl groups excluding tert-OH is 4. The van der Waals surface area contributed by atoms with Crippen LogP contribution in [0.1, 0.15) is 11.1 Å². The fourth-order valence-electron chi connectivity index (χ4n) is 4.34. The molecule has 9 heteroatoms. The van der Waals surface area contributed by atoms with Crippen LogP contribution in [0.25, 0.3) is 10.9 Å². The average Bonchev–Trinajstić information content (AvgIpc) is 3.31. The number of hydrogen-bond donors (Lipinski definition) is 6. The fourth-order valence-corrected chi connectivity index (χ4v) is 4.34. The number of aliphatic hydroxyl groups is 5. The van der Waals surface area contributed by atoms with Gasteiger partial charge < -0.3 is 44.7 Å².